The highest BCUT2D eigenvalue weighted by molar-refractivity contribution is 5.47. The Kier molecular flexibility index (Phi) is 2.83. The first-order valence-electron chi connectivity index (χ1n) is 7.58. The molecule has 0 saturated heterocycles. The van der Waals surface area contributed by atoms with E-state index in [0.29, 0.717) is 16.9 Å². The number of hydrogen-bond donors (Lipinski definition) is 0. The van der Waals surface area contributed by atoms with Crippen molar-refractivity contribution in [3.8, 4) is 0 Å². The van der Waals surface area contributed by atoms with E-state index in [1.54, 1.807) is 11.1 Å². The molecule has 1 aliphatic heterocycles. The Bertz CT molecular complexity index is 511. The maximum absolute atomic E-state index is 5.82. The van der Waals surface area contributed by atoms with Gasteiger partial charge in [0.1, 0.15) is 0 Å². The summed E-state index contributed by atoms with van der Waals surface area (Å²) in [6.45, 7) is 12.5. The molecule has 0 amide bonds. The minimum atomic E-state index is 0.308. The fraction of sp³-hybridized carbons (Fsp3) is 0.667. The second-order valence-corrected chi connectivity index (χ2v) is 7.76. The highest BCUT2D eigenvalue weighted by Gasteiger charge is 2.38. The number of fused-ring (bicyclic) bond motifs is 2. The van der Waals surface area contributed by atoms with Gasteiger partial charge in [0, 0.05) is 0 Å². The molecule has 1 aromatic carbocycles. The van der Waals surface area contributed by atoms with Crippen molar-refractivity contribution in [3.63, 3.8) is 0 Å². The zero-order valence-electron chi connectivity index (χ0n) is 13.0. The molecule has 1 unspecified atom stereocenters. The van der Waals surface area contributed by atoms with E-state index in [1.807, 2.05) is 0 Å². The summed E-state index contributed by atoms with van der Waals surface area (Å²) in [5, 5.41) is 0. The normalized spacial score (nSPS) is 27.5. The van der Waals surface area contributed by atoms with Crippen molar-refractivity contribution in [1.82, 2.24) is 0 Å². The van der Waals surface area contributed by atoms with Crippen molar-refractivity contribution in [3.05, 3.63) is 34.4 Å². The smallest absolute Gasteiger partial charge is 0.0723 e. The van der Waals surface area contributed by atoms with E-state index in [-0.39, 0.29) is 0 Å². The summed E-state index contributed by atoms with van der Waals surface area (Å²) < 4.78 is 5.82. The van der Waals surface area contributed by atoms with E-state index in [4.69, 9.17) is 4.74 Å². The second-order valence-electron chi connectivity index (χ2n) is 7.76. The molecule has 1 heterocycles. The molecule has 19 heavy (non-hydrogen) atoms. The van der Waals surface area contributed by atoms with Crippen LogP contribution < -0.4 is 0 Å². The van der Waals surface area contributed by atoms with Gasteiger partial charge in [0.05, 0.1) is 12.7 Å². The van der Waals surface area contributed by atoms with Crippen LogP contribution >= 0.6 is 0 Å². The van der Waals surface area contributed by atoms with Crippen LogP contribution in [0.25, 0.3) is 0 Å². The Morgan fingerprint density at radius 2 is 1.47 bits per heavy atom. The summed E-state index contributed by atoms with van der Waals surface area (Å²) in [6.07, 6.45) is 4.00. The van der Waals surface area contributed by atoms with Crippen LogP contribution in [0, 0.1) is 0 Å². The van der Waals surface area contributed by atoms with Gasteiger partial charge in [-0.25, -0.2) is 0 Å². The van der Waals surface area contributed by atoms with Gasteiger partial charge < -0.3 is 4.74 Å². The van der Waals surface area contributed by atoms with Crippen molar-refractivity contribution in [1.29, 1.82) is 0 Å². The molecular weight excluding hydrogens is 232 g/mol. The SMILES string of the molecule is CC1Cc2cc3c(cc2CO1)C(C)(C)CCC3(C)C. The maximum atomic E-state index is 5.82. The monoisotopic (exact) mass is 258 g/mol. The summed E-state index contributed by atoms with van der Waals surface area (Å²) in [5.41, 5.74) is 6.70. The average molecular weight is 258 g/mol. The fourth-order valence-electron chi connectivity index (χ4n) is 3.63. The highest BCUT2D eigenvalue weighted by atomic mass is 16.5. The van der Waals surface area contributed by atoms with Gasteiger partial charge in [0.25, 0.3) is 0 Å². The van der Waals surface area contributed by atoms with Crippen LogP contribution in [-0.4, -0.2) is 6.10 Å². The Morgan fingerprint density at radius 1 is 0.947 bits per heavy atom. The predicted molar refractivity (Wildman–Crippen MR) is 79.7 cm³/mol. The molecule has 0 bridgehead atoms. The molecule has 0 N–H and O–H groups in total. The molecule has 0 spiro atoms. The summed E-state index contributed by atoms with van der Waals surface area (Å²) in [7, 11) is 0. The summed E-state index contributed by atoms with van der Waals surface area (Å²) >= 11 is 0. The molecule has 1 atom stereocenters. The topological polar surface area (TPSA) is 9.23 Å². The summed E-state index contributed by atoms with van der Waals surface area (Å²) in [6, 6.07) is 4.93. The molecule has 0 saturated carbocycles. The fourth-order valence-corrected chi connectivity index (χ4v) is 3.63. The van der Waals surface area contributed by atoms with Crippen molar-refractivity contribution >= 4 is 0 Å². The molecule has 2 aliphatic rings. The van der Waals surface area contributed by atoms with Crippen LogP contribution in [0.2, 0.25) is 0 Å². The van der Waals surface area contributed by atoms with Crippen molar-refractivity contribution < 1.29 is 4.74 Å². The van der Waals surface area contributed by atoms with Gasteiger partial charge in [-0.1, -0.05) is 39.8 Å². The standard InChI is InChI=1S/C18H26O/c1-12-8-13-9-15-16(10-14(13)11-19-12)18(4,5)7-6-17(15,2)3/h9-10,12H,6-8,11H2,1-5H3. The number of benzene rings is 1. The number of ether oxygens (including phenoxy) is 1. The second kappa shape index (κ2) is 4.09. The maximum Gasteiger partial charge on any atom is 0.0723 e. The largest absolute Gasteiger partial charge is 0.373 e. The molecule has 3 rings (SSSR count). The summed E-state index contributed by atoms with van der Waals surface area (Å²) in [4.78, 5) is 0. The third-order valence-electron chi connectivity index (χ3n) is 5.20. The Labute approximate surface area is 117 Å². The predicted octanol–water partition coefficient (Wildman–Crippen LogP) is 4.50. The lowest BCUT2D eigenvalue weighted by molar-refractivity contribution is 0.0408. The number of rotatable bonds is 0. The van der Waals surface area contributed by atoms with Gasteiger partial charge in [-0.3, -0.25) is 0 Å². The molecule has 1 aliphatic carbocycles. The highest BCUT2D eigenvalue weighted by Crippen LogP contribution is 2.47. The molecular formula is C18H26O. The van der Waals surface area contributed by atoms with Gasteiger partial charge in [0.2, 0.25) is 0 Å². The van der Waals surface area contributed by atoms with Gasteiger partial charge in [0.15, 0.2) is 0 Å². The van der Waals surface area contributed by atoms with Crippen molar-refractivity contribution in [2.75, 3.05) is 0 Å². The quantitative estimate of drug-likeness (QED) is 0.666. The van der Waals surface area contributed by atoms with E-state index < -0.39 is 0 Å². The van der Waals surface area contributed by atoms with Crippen LogP contribution in [0.5, 0.6) is 0 Å². The van der Waals surface area contributed by atoms with Gasteiger partial charge >= 0.3 is 0 Å². The first-order chi connectivity index (χ1) is 8.79. The van der Waals surface area contributed by atoms with Crippen LogP contribution in [-0.2, 0) is 28.6 Å². The molecule has 0 fully saturated rings. The van der Waals surface area contributed by atoms with Crippen LogP contribution in [0.15, 0.2) is 12.1 Å². The Hall–Kier alpha value is -0.820. The Morgan fingerprint density at radius 3 is 2.05 bits per heavy atom. The summed E-state index contributed by atoms with van der Waals surface area (Å²) in [5.74, 6) is 0. The van der Waals surface area contributed by atoms with Crippen LogP contribution in [0.4, 0.5) is 0 Å². The zero-order chi connectivity index (χ0) is 13.8. The van der Waals surface area contributed by atoms with Crippen LogP contribution in [0.3, 0.4) is 0 Å². The van der Waals surface area contributed by atoms with E-state index in [2.05, 4.69) is 46.8 Å². The zero-order valence-corrected chi connectivity index (χ0v) is 13.0. The lowest BCUT2D eigenvalue weighted by atomic mass is 9.62. The molecule has 0 radical (unpaired) electrons. The minimum absolute atomic E-state index is 0.308. The van der Waals surface area contributed by atoms with Gasteiger partial charge in [-0.15, -0.1) is 0 Å². The van der Waals surface area contributed by atoms with E-state index in [9.17, 15) is 0 Å². The molecule has 0 aromatic heterocycles. The van der Waals surface area contributed by atoms with Crippen molar-refractivity contribution in [2.24, 2.45) is 0 Å². The third-order valence-corrected chi connectivity index (χ3v) is 5.20. The first kappa shape index (κ1) is 13.2. The number of hydrogen-bond acceptors (Lipinski definition) is 1. The van der Waals surface area contributed by atoms with E-state index in [1.165, 1.54) is 24.0 Å². The third kappa shape index (κ3) is 2.12. The minimum Gasteiger partial charge on any atom is -0.373 e. The van der Waals surface area contributed by atoms with Crippen LogP contribution in [0.1, 0.15) is 69.7 Å². The molecule has 104 valence electrons. The van der Waals surface area contributed by atoms with Gasteiger partial charge in [-0.05, 0) is 59.3 Å². The lowest BCUT2D eigenvalue weighted by Crippen LogP contribution is -2.35. The lowest BCUT2D eigenvalue weighted by Gasteiger charge is -2.43. The van der Waals surface area contributed by atoms with Gasteiger partial charge in [-0.2, -0.15) is 0 Å². The first-order valence-corrected chi connectivity index (χ1v) is 7.58. The van der Waals surface area contributed by atoms with Crippen molar-refractivity contribution in [2.45, 2.75) is 77.4 Å². The average Bonchev–Trinajstić information content (AvgIpc) is 2.33. The molecule has 1 aromatic rings. The molecule has 1 nitrogen and oxygen atoms in total. The Balaban J connectivity index is 2.17. The molecule has 1 heteroatoms. The van der Waals surface area contributed by atoms with E-state index >= 15 is 0 Å². The van der Waals surface area contributed by atoms with E-state index in [0.717, 1.165) is 13.0 Å².